The number of aryl methyl sites for hydroxylation is 1. The Morgan fingerprint density at radius 1 is 0.946 bits per heavy atom. The van der Waals surface area contributed by atoms with Crippen molar-refractivity contribution < 1.29 is 46.1 Å². The van der Waals surface area contributed by atoms with E-state index >= 15 is 0 Å². The van der Waals surface area contributed by atoms with Crippen molar-refractivity contribution in [1.82, 2.24) is 19.4 Å². The van der Waals surface area contributed by atoms with Crippen LogP contribution in [0.5, 0.6) is 0 Å². The SMILES string of the molecule is Cc1cccc(-c2cnc3n2CCN(Cc2cccnc2)C3)c1.O=C(O)C(F)(F)F.O=C(O)C(F)(F)F. The zero-order valence-electron chi connectivity index (χ0n) is 19.3. The molecule has 1 aliphatic heterocycles. The van der Waals surface area contributed by atoms with E-state index in [4.69, 9.17) is 19.8 Å². The van der Waals surface area contributed by atoms with E-state index in [9.17, 15) is 26.3 Å². The van der Waals surface area contributed by atoms with Crippen molar-refractivity contribution in [2.75, 3.05) is 6.54 Å². The summed E-state index contributed by atoms with van der Waals surface area (Å²) >= 11 is 0. The maximum absolute atomic E-state index is 10.6. The molecule has 1 aliphatic rings. The second-order valence-corrected chi connectivity index (χ2v) is 7.76. The number of aromatic nitrogens is 3. The monoisotopic (exact) mass is 532 g/mol. The van der Waals surface area contributed by atoms with Crippen molar-refractivity contribution in [1.29, 1.82) is 0 Å². The highest BCUT2D eigenvalue weighted by Crippen LogP contribution is 2.25. The van der Waals surface area contributed by atoms with Gasteiger partial charge in [0, 0.05) is 37.6 Å². The number of benzene rings is 1. The predicted molar refractivity (Wildman–Crippen MR) is 118 cm³/mol. The van der Waals surface area contributed by atoms with Crippen LogP contribution in [0.2, 0.25) is 0 Å². The molecule has 8 nitrogen and oxygen atoms in total. The Hall–Kier alpha value is -3.94. The molecule has 0 bridgehead atoms. The predicted octanol–water partition coefficient (Wildman–Crippen LogP) is 4.54. The molecule has 4 rings (SSSR count). The van der Waals surface area contributed by atoms with E-state index in [0.29, 0.717) is 0 Å². The van der Waals surface area contributed by atoms with Crippen molar-refractivity contribution in [2.24, 2.45) is 0 Å². The van der Waals surface area contributed by atoms with Gasteiger partial charge in [-0.05, 0) is 24.6 Å². The first-order valence-electron chi connectivity index (χ1n) is 10.5. The maximum Gasteiger partial charge on any atom is 0.490 e. The summed E-state index contributed by atoms with van der Waals surface area (Å²) < 4.78 is 65.8. The molecule has 0 radical (unpaired) electrons. The van der Waals surface area contributed by atoms with Crippen molar-refractivity contribution in [2.45, 2.75) is 38.9 Å². The largest absolute Gasteiger partial charge is 0.490 e. The average molecular weight is 532 g/mol. The van der Waals surface area contributed by atoms with Crippen molar-refractivity contribution in [3.05, 3.63) is 71.9 Å². The van der Waals surface area contributed by atoms with Gasteiger partial charge in [-0.2, -0.15) is 26.3 Å². The van der Waals surface area contributed by atoms with E-state index in [0.717, 1.165) is 32.0 Å². The molecule has 3 heterocycles. The lowest BCUT2D eigenvalue weighted by Gasteiger charge is -2.28. The van der Waals surface area contributed by atoms with E-state index in [2.05, 4.69) is 56.7 Å². The number of carboxylic acid groups (broad SMARTS) is 2. The molecule has 2 aromatic heterocycles. The molecule has 0 spiro atoms. The Bertz CT molecular complexity index is 1170. The summed E-state index contributed by atoms with van der Waals surface area (Å²) in [7, 11) is 0. The molecule has 0 amide bonds. The molecular formula is C23H22F6N4O4. The summed E-state index contributed by atoms with van der Waals surface area (Å²) in [4.78, 5) is 29.1. The highest BCUT2D eigenvalue weighted by molar-refractivity contribution is 5.73. The van der Waals surface area contributed by atoms with Gasteiger partial charge in [0.15, 0.2) is 0 Å². The van der Waals surface area contributed by atoms with Crippen molar-refractivity contribution in [3.63, 3.8) is 0 Å². The summed E-state index contributed by atoms with van der Waals surface area (Å²) in [5.41, 5.74) is 5.02. The third kappa shape index (κ3) is 9.22. The van der Waals surface area contributed by atoms with E-state index in [-0.39, 0.29) is 0 Å². The van der Waals surface area contributed by atoms with Crippen molar-refractivity contribution >= 4 is 11.9 Å². The van der Waals surface area contributed by atoms with E-state index in [1.165, 1.54) is 22.4 Å². The van der Waals surface area contributed by atoms with Gasteiger partial charge in [0.25, 0.3) is 0 Å². The van der Waals surface area contributed by atoms with Gasteiger partial charge in [-0.3, -0.25) is 9.88 Å². The fourth-order valence-electron chi connectivity index (χ4n) is 3.23. The van der Waals surface area contributed by atoms with Crippen LogP contribution in [0.1, 0.15) is 17.0 Å². The van der Waals surface area contributed by atoms with Crippen LogP contribution in [-0.2, 0) is 29.2 Å². The number of imidazole rings is 1. The van der Waals surface area contributed by atoms with Gasteiger partial charge in [0.05, 0.1) is 18.4 Å². The lowest BCUT2D eigenvalue weighted by molar-refractivity contribution is -0.193. The van der Waals surface area contributed by atoms with Gasteiger partial charge in [-0.15, -0.1) is 0 Å². The molecular weight excluding hydrogens is 510 g/mol. The number of halogens is 6. The van der Waals surface area contributed by atoms with Crippen LogP contribution in [0.15, 0.2) is 55.0 Å². The first kappa shape index (κ1) is 29.3. The van der Waals surface area contributed by atoms with Gasteiger partial charge in [-0.25, -0.2) is 14.6 Å². The topological polar surface area (TPSA) is 109 Å². The molecule has 200 valence electrons. The molecule has 0 atom stereocenters. The van der Waals surface area contributed by atoms with Gasteiger partial charge in [0.2, 0.25) is 0 Å². The Kier molecular flexibility index (Phi) is 9.77. The van der Waals surface area contributed by atoms with Crippen LogP contribution in [0.3, 0.4) is 0 Å². The number of fused-ring (bicyclic) bond motifs is 1. The molecule has 0 unspecified atom stereocenters. The molecule has 0 saturated carbocycles. The van der Waals surface area contributed by atoms with Crippen LogP contribution >= 0.6 is 0 Å². The molecule has 14 heteroatoms. The van der Waals surface area contributed by atoms with Gasteiger partial charge in [-0.1, -0.05) is 29.8 Å². The van der Waals surface area contributed by atoms with Crippen LogP contribution in [-0.4, -0.2) is 60.5 Å². The number of hydrogen-bond donors (Lipinski definition) is 2. The third-order valence-electron chi connectivity index (χ3n) is 4.87. The number of pyridine rings is 1. The lowest BCUT2D eigenvalue weighted by Crippen LogP contribution is -2.33. The van der Waals surface area contributed by atoms with Gasteiger partial charge < -0.3 is 14.8 Å². The number of hydrogen-bond acceptors (Lipinski definition) is 5. The fourth-order valence-corrected chi connectivity index (χ4v) is 3.23. The number of rotatable bonds is 3. The molecule has 0 fully saturated rings. The Morgan fingerprint density at radius 3 is 2.08 bits per heavy atom. The van der Waals surface area contributed by atoms with E-state index in [1.807, 2.05) is 24.7 Å². The third-order valence-corrected chi connectivity index (χ3v) is 4.87. The number of carbonyl (C=O) groups is 2. The summed E-state index contributed by atoms with van der Waals surface area (Å²) in [5.74, 6) is -4.36. The van der Waals surface area contributed by atoms with Crippen molar-refractivity contribution in [3.8, 4) is 11.3 Å². The van der Waals surface area contributed by atoms with Crippen LogP contribution < -0.4 is 0 Å². The number of aliphatic carboxylic acids is 2. The summed E-state index contributed by atoms with van der Waals surface area (Å²) in [6, 6.07) is 12.8. The molecule has 0 saturated heterocycles. The fraction of sp³-hybridized carbons (Fsp3) is 0.304. The number of nitrogens with zero attached hydrogens (tertiary/aromatic N) is 4. The average Bonchev–Trinajstić information content (AvgIpc) is 3.23. The second-order valence-electron chi connectivity index (χ2n) is 7.76. The van der Waals surface area contributed by atoms with Gasteiger partial charge >= 0.3 is 24.3 Å². The summed E-state index contributed by atoms with van der Waals surface area (Å²) in [6.45, 7) is 5.98. The molecule has 37 heavy (non-hydrogen) atoms. The first-order valence-corrected chi connectivity index (χ1v) is 10.5. The number of alkyl halides is 6. The molecule has 0 aliphatic carbocycles. The Balaban J connectivity index is 0.000000286. The highest BCUT2D eigenvalue weighted by atomic mass is 19.4. The molecule has 2 N–H and O–H groups in total. The minimum atomic E-state index is -5.08. The van der Waals surface area contributed by atoms with Crippen LogP contribution in [0.25, 0.3) is 11.3 Å². The van der Waals surface area contributed by atoms with Crippen LogP contribution in [0.4, 0.5) is 26.3 Å². The van der Waals surface area contributed by atoms with Crippen LogP contribution in [0, 0.1) is 6.92 Å². The Morgan fingerprint density at radius 2 is 1.57 bits per heavy atom. The first-order chi connectivity index (χ1) is 17.2. The van der Waals surface area contributed by atoms with E-state index < -0.39 is 24.3 Å². The standard InChI is InChI=1S/C19H20N4.2C2HF3O2/c1-15-4-2-6-17(10-15)18-12-21-19-14-22(8-9-23(18)19)13-16-5-3-7-20-11-16;2*3-2(4,5)1(6)7/h2-7,10-12H,8-9,13-14H2,1H3;2*(H,6,7). The minimum absolute atomic E-state index is 0.890. The quantitative estimate of drug-likeness (QED) is 0.477. The maximum atomic E-state index is 10.6. The lowest BCUT2D eigenvalue weighted by atomic mass is 10.1. The molecule has 3 aromatic rings. The zero-order chi connectivity index (χ0) is 27.8. The smallest absolute Gasteiger partial charge is 0.475 e. The molecule has 1 aromatic carbocycles. The zero-order valence-corrected chi connectivity index (χ0v) is 19.3. The summed E-state index contributed by atoms with van der Waals surface area (Å²) in [6.07, 6.45) is -4.39. The Labute approximate surface area is 206 Å². The van der Waals surface area contributed by atoms with E-state index in [1.54, 1.807) is 0 Å². The highest BCUT2D eigenvalue weighted by Gasteiger charge is 2.38. The minimum Gasteiger partial charge on any atom is -0.475 e. The second kappa shape index (κ2) is 12.3. The van der Waals surface area contributed by atoms with Gasteiger partial charge in [0.1, 0.15) is 5.82 Å². The number of carboxylic acids is 2. The summed E-state index contributed by atoms with van der Waals surface area (Å²) in [5, 5.41) is 14.2. The normalized spacial score (nSPS) is 13.4.